The van der Waals surface area contributed by atoms with E-state index >= 15 is 0 Å². The number of benzene rings is 1. The highest BCUT2D eigenvalue weighted by Gasteiger charge is 2.12. The minimum absolute atomic E-state index is 0.0299. The van der Waals surface area contributed by atoms with Crippen molar-refractivity contribution in [3.05, 3.63) is 59.6 Å². The van der Waals surface area contributed by atoms with Crippen LogP contribution in [-0.4, -0.2) is 18.0 Å². The number of rotatable bonds is 4. The van der Waals surface area contributed by atoms with Gasteiger partial charge in [-0.05, 0) is 24.3 Å². The molecule has 2 rings (SSSR count). The van der Waals surface area contributed by atoms with E-state index in [1.54, 1.807) is 12.1 Å². The Morgan fingerprint density at radius 3 is 2.73 bits per heavy atom. The maximum atomic E-state index is 13.3. The molecule has 2 N–H and O–H groups in total. The second-order valence-corrected chi connectivity index (χ2v) is 4.13. The molecule has 1 heterocycles. The zero-order valence-electron chi connectivity index (χ0n) is 11.2. The predicted octanol–water partition coefficient (Wildman–Crippen LogP) is 1.32. The van der Waals surface area contributed by atoms with Gasteiger partial charge in [0.2, 0.25) is 0 Å². The Morgan fingerprint density at radius 1 is 1.23 bits per heavy atom. The van der Waals surface area contributed by atoms with Crippen LogP contribution < -0.4 is 10.7 Å². The average molecular weight is 307 g/mol. The Hall–Kier alpha value is -3.03. The number of hydrogen-bond donors (Lipinski definition) is 2. The van der Waals surface area contributed by atoms with Crippen LogP contribution in [0.3, 0.4) is 0 Å². The molecule has 8 heteroatoms. The van der Waals surface area contributed by atoms with Gasteiger partial charge in [-0.2, -0.15) is 5.10 Å². The molecule has 6 nitrogen and oxygen atoms in total. The maximum Gasteiger partial charge on any atom is 0.329 e. The van der Waals surface area contributed by atoms with E-state index in [-0.39, 0.29) is 12.1 Å². The molecule has 0 unspecified atom stereocenters. The van der Waals surface area contributed by atoms with E-state index in [9.17, 15) is 18.4 Å². The maximum absolute atomic E-state index is 13.3. The third kappa shape index (κ3) is 4.23. The van der Waals surface area contributed by atoms with Gasteiger partial charge in [0.15, 0.2) is 0 Å². The molecule has 2 amide bonds. The quantitative estimate of drug-likeness (QED) is 0.508. The fourth-order valence-electron chi connectivity index (χ4n) is 1.48. The number of furan rings is 1. The Kier molecular flexibility index (Phi) is 4.97. The van der Waals surface area contributed by atoms with Crippen molar-refractivity contribution < 1.29 is 22.8 Å². The average Bonchev–Trinajstić information content (AvgIpc) is 3.00. The smallest absolute Gasteiger partial charge is 0.329 e. The van der Waals surface area contributed by atoms with E-state index in [4.69, 9.17) is 4.42 Å². The molecule has 0 aliphatic rings. The lowest BCUT2D eigenvalue weighted by molar-refractivity contribution is -0.139. The first-order valence-electron chi connectivity index (χ1n) is 6.15. The van der Waals surface area contributed by atoms with Crippen LogP contribution in [0.15, 0.2) is 46.1 Å². The fraction of sp³-hybridized carbons (Fsp3) is 0.0714. The number of carbonyl (C=O) groups excluding carboxylic acids is 2. The number of amides is 2. The van der Waals surface area contributed by atoms with Crippen LogP contribution in [0.1, 0.15) is 11.3 Å². The normalized spacial score (nSPS) is 10.6. The summed E-state index contributed by atoms with van der Waals surface area (Å²) in [5.41, 5.74) is 1.90. The molecule has 0 aliphatic carbocycles. The lowest BCUT2D eigenvalue weighted by atomic mass is 10.2. The molecule has 0 fully saturated rings. The van der Waals surface area contributed by atoms with Gasteiger partial charge in [0, 0.05) is 11.6 Å². The SMILES string of the molecule is O=C(NCc1ccco1)C(=O)N/N=C\c1ccc(F)cc1F. The highest BCUT2D eigenvalue weighted by Crippen LogP contribution is 2.06. The van der Waals surface area contributed by atoms with Crippen LogP contribution in [0.5, 0.6) is 0 Å². The van der Waals surface area contributed by atoms with E-state index in [0.717, 1.165) is 18.3 Å². The van der Waals surface area contributed by atoms with Crippen LogP contribution in [0.2, 0.25) is 0 Å². The summed E-state index contributed by atoms with van der Waals surface area (Å²) in [5.74, 6) is -3.02. The Morgan fingerprint density at radius 2 is 2.05 bits per heavy atom. The number of nitrogens with one attached hydrogen (secondary N) is 2. The van der Waals surface area contributed by atoms with E-state index in [2.05, 4.69) is 10.4 Å². The van der Waals surface area contributed by atoms with E-state index in [0.29, 0.717) is 11.8 Å². The van der Waals surface area contributed by atoms with Gasteiger partial charge >= 0.3 is 11.8 Å². The number of carbonyl (C=O) groups is 2. The number of nitrogens with zero attached hydrogens (tertiary/aromatic N) is 1. The molecule has 0 atom stereocenters. The number of hydrazone groups is 1. The summed E-state index contributed by atoms with van der Waals surface area (Å²) in [4.78, 5) is 22.8. The van der Waals surface area contributed by atoms with Crippen molar-refractivity contribution in [3.63, 3.8) is 0 Å². The largest absolute Gasteiger partial charge is 0.467 e. The summed E-state index contributed by atoms with van der Waals surface area (Å²) in [7, 11) is 0. The van der Waals surface area contributed by atoms with Crippen molar-refractivity contribution in [1.29, 1.82) is 0 Å². The van der Waals surface area contributed by atoms with Crippen molar-refractivity contribution in [2.45, 2.75) is 6.54 Å². The number of hydrogen-bond acceptors (Lipinski definition) is 4. The molecule has 0 saturated carbocycles. The van der Waals surface area contributed by atoms with Crippen LogP contribution in [-0.2, 0) is 16.1 Å². The van der Waals surface area contributed by atoms with E-state index in [1.165, 1.54) is 6.26 Å². The third-order valence-electron chi connectivity index (χ3n) is 2.54. The summed E-state index contributed by atoms with van der Waals surface area (Å²) < 4.78 is 30.9. The molecule has 0 aliphatic heterocycles. The molecule has 1 aromatic heterocycles. The molecule has 114 valence electrons. The van der Waals surface area contributed by atoms with Crippen molar-refractivity contribution in [2.75, 3.05) is 0 Å². The molecule has 1 aromatic carbocycles. The first-order chi connectivity index (χ1) is 10.6. The molecular weight excluding hydrogens is 296 g/mol. The lowest BCUT2D eigenvalue weighted by Crippen LogP contribution is -2.37. The van der Waals surface area contributed by atoms with Gasteiger partial charge in [-0.1, -0.05) is 0 Å². The summed E-state index contributed by atoms with van der Waals surface area (Å²) in [6.45, 7) is 0.0511. The van der Waals surface area contributed by atoms with Crippen LogP contribution in [0.25, 0.3) is 0 Å². The second-order valence-electron chi connectivity index (χ2n) is 4.13. The predicted molar refractivity (Wildman–Crippen MR) is 72.6 cm³/mol. The van der Waals surface area contributed by atoms with Gasteiger partial charge in [-0.15, -0.1) is 0 Å². The minimum Gasteiger partial charge on any atom is -0.467 e. The molecule has 22 heavy (non-hydrogen) atoms. The summed E-state index contributed by atoms with van der Waals surface area (Å²) in [6.07, 6.45) is 2.40. The van der Waals surface area contributed by atoms with E-state index in [1.807, 2.05) is 5.43 Å². The van der Waals surface area contributed by atoms with Crippen molar-refractivity contribution >= 4 is 18.0 Å². The minimum atomic E-state index is -1.02. The molecule has 0 spiro atoms. The topological polar surface area (TPSA) is 83.7 Å². The monoisotopic (exact) mass is 307 g/mol. The zero-order chi connectivity index (χ0) is 15.9. The van der Waals surface area contributed by atoms with Crippen LogP contribution in [0.4, 0.5) is 8.78 Å². The Bertz CT molecular complexity index is 699. The Labute approximate surface area is 123 Å². The van der Waals surface area contributed by atoms with Gasteiger partial charge < -0.3 is 9.73 Å². The Balaban J connectivity index is 1.83. The van der Waals surface area contributed by atoms with Gasteiger partial charge in [0.1, 0.15) is 17.4 Å². The van der Waals surface area contributed by atoms with Crippen LogP contribution >= 0.6 is 0 Å². The van der Waals surface area contributed by atoms with Gasteiger partial charge in [0.05, 0.1) is 19.0 Å². The van der Waals surface area contributed by atoms with Crippen molar-refractivity contribution in [2.24, 2.45) is 5.10 Å². The van der Waals surface area contributed by atoms with Gasteiger partial charge in [-0.3, -0.25) is 9.59 Å². The third-order valence-corrected chi connectivity index (χ3v) is 2.54. The van der Waals surface area contributed by atoms with Crippen molar-refractivity contribution in [3.8, 4) is 0 Å². The van der Waals surface area contributed by atoms with Gasteiger partial charge in [-0.25, -0.2) is 14.2 Å². The van der Waals surface area contributed by atoms with Crippen molar-refractivity contribution in [1.82, 2.24) is 10.7 Å². The van der Waals surface area contributed by atoms with Crippen LogP contribution in [0, 0.1) is 11.6 Å². The zero-order valence-corrected chi connectivity index (χ0v) is 11.2. The summed E-state index contributed by atoms with van der Waals surface area (Å²) >= 11 is 0. The van der Waals surface area contributed by atoms with Gasteiger partial charge in [0.25, 0.3) is 0 Å². The highest BCUT2D eigenvalue weighted by atomic mass is 19.1. The second kappa shape index (κ2) is 7.11. The number of halogens is 2. The molecular formula is C14H11F2N3O3. The highest BCUT2D eigenvalue weighted by molar-refractivity contribution is 6.35. The molecule has 0 bridgehead atoms. The fourth-order valence-corrected chi connectivity index (χ4v) is 1.48. The molecule has 0 radical (unpaired) electrons. The lowest BCUT2D eigenvalue weighted by Gasteiger charge is -2.01. The summed E-state index contributed by atoms with van der Waals surface area (Å²) in [5, 5.41) is 5.74. The molecule has 0 saturated heterocycles. The van der Waals surface area contributed by atoms with E-state index < -0.39 is 23.4 Å². The standard InChI is InChI=1S/C14H11F2N3O3/c15-10-4-3-9(12(16)6-10)7-18-19-14(21)13(20)17-8-11-2-1-5-22-11/h1-7H,8H2,(H,17,20)(H,19,21)/b18-7-. The molecule has 2 aromatic rings. The first kappa shape index (κ1) is 15.4. The summed E-state index contributed by atoms with van der Waals surface area (Å²) in [6, 6.07) is 6.15. The first-order valence-corrected chi connectivity index (χ1v) is 6.15.